The molecule has 0 saturated heterocycles. The molecule has 0 radical (unpaired) electrons. The molecule has 0 aliphatic rings. The molecular weight excluding hydrogens is 429 g/mol. The van der Waals surface area contributed by atoms with Gasteiger partial charge in [0.1, 0.15) is 11.6 Å². The monoisotopic (exact) mass is 451 g/mol. The van der Waals surface area contributed by atoms with E-state index >= 15 is 0 Å². The average molecular weight is 452 g/mol. The summed E-state index contributed by atoms with van der Waals surface area (Å²) in [6.07, 6.45) is 3.63. The molecule has 168 valence electrons. The van der Waals surface area contributed by atoms with Crippen molar-refractivity contribution in [3.8, 4) is 17.3 Å². The van der Waals surface area contributed by atoms with Crippen LogP contribution in [0.1, 0.15) is 28.2 Å². The fraction of sp³-hybridized carbons (Fsp3) is 0.111. The van der Waals surface area contributed by atoms with Crippen molar-refractivity contribution in [3.05, 3.63) is 113 Å². The molecule has 0 aliphatic heterocycles. The van der Waals surface area contributed by atoms with Gasteiger partial charge in [0.25, 0.3) is 0 Å². The molecule has 2 heterocycles. The zero-order chi connectivity index (χ0) is 23.9. The van der Waals surface area contributed by atoms with Crippen LogP contribution in [-0.2, 0) is 11.2 Å². The molecule has 1 unspecified atom stereocenters. The Labute approximate surface area is 196 Å². The Bertz CT molecular complexity index is 1350. The summed E-state index contributed by atoms with van der Waals surface area (Å²) in [5.74, 6) is -1.16. The van der Waals surface area contributed by atoms with Crippen molar-refractivity contribution in [3.63, 3.8) is 0 Å². The number of rotatable bonds is 8. The van der Waals surface area contributed by atoms with E-state index in [1.807, 2.05) is 12.1 Å². The molecule has 1 amide bonds. The van der Waals surface area contributed by atoms with Gasteiger partial charge in [0.15, 0.2) is 0 Å². The van der Waals surface area contributed by atoms with Crippen molar-refractivity contribution < 1.29 is 9.18 Å². The Morgan fingerprint density at radius 2 is 1.85 bits per heavy atom. The molecule has 34 heavy (non-hydrogen) atoms. The third-order valence-corrected chi connectivity index (χ3v) is 5.51. The number of aromatic nitrogens is 2. The zero-order valence-corrected chi connectivity index (χ0v) is 18.3. The lowest BCUT2D eigenvalue weighted by Gasteiger charge is -2.19. The van der Waals surface area contributed by atoms with Gasteiger partial charge >= 0.3 is 0 Å². The lowest BCUT2D eigenvalue weighted by atomic mass is 9.91. The fourth-order valence-corrected chi connectivity index (χ4v) is 3.86. The first-order valence-electron chi connectivity index (χ1n) is 10.8. The minimum atomic E-state index is -0.780. The molecular formula is C27H22FN5O. The smallest absolute Gasteiger partial charge is 0.229 e. The van der Waals surface area contributed by atoms with Gasteiger partial charge in [-0.15, -0.1) is 0 Å². The number of hydrogen-bond acceptors (Lipinski definition) is 5. The summed E-state index contributed by atoms with van der Waals surface area (Å²) in [6.45, 7) is 0.378. The number of nitrogens with zero attached hydrogens (tertiary/aromatic N) is 3. The fourth-order valence-electron chi connectivity index (χ4n) is 3.86. The largest absolute Gasteiger partial charge is 0.369 e. The average Bonchev–Trinajstić information content (AvgIpc) is 2.86. The van der Waals surface area contributed by atoms with Crippen molar-refractivity contribution in [2.24, 2.45) is 5.73 Å². The van der Waals surface area contributed by atoms with Crippen LogP contribution in [0.25, 0.3) is 11.3 Å². The summed E-state index contributed by atoms with van der Waals surface area (Å²) in [7, 11) is 0. The highest BCUT2D eigenvalue weighted by Gasteiger charge is 2.25. The second kappa shape index (κ2) is 10.4. The quantitative estimate of drug-likeness (QED) is 0.412. The number of pyridine rings is 2. The number of benzene rings is 2. The normalized spacial score (nSPS) is 11.4. The Morgan fingerprint density at radius 1 is 1.06 bits per heavy atom. The Hall–Kier alpha value is -4.57. The second-order valence-corrected chi connectivity index (χ2v) is 7.68. The van der Waals surface area contributed by atoms with Crippen molar-refractivity contribution >= 4 is 11.7 Å². The second-order valence-electron chi connectivity index (χ2n) is 7.68. The first-order chi connectivity index (χ1) is 16.6. The van der Waals surface area contributed by atoms with E-state index in [9.17, 15) is 14.4 Å². The molecule has 2 aromatic heterocycles. The van der Waals surface area contributed by atoms with Gasteiger partial charge in [-0.05, 0) is 41.8 Å². The van der Waals surface area contributed by atoms with E-state index in [1.54, 1.807) is 67.0 Å². The van der Waals surface area contributed by atoms with E-state index in [2.05, 4.69) is 16.4 Å². The SMILES string of the molecule is N#Cc1ccccc1-c1ccc(C(C(N)=O)c2cccnc2)c(NCCc2ccccc2F)n1. The van der Waals surface area contributed by atoms with E-state index in [0.29, 0.717) is 52.3 Å². The van der Waals surface area contributed by atoms with Gasteiger partial charge < -0.3 is 11.1 Å². The van der Waals surface area contributed by atoms with Crippen LogP contribution in [0.3, 0.4) is 0 Å². The van der Waals surface area contributed by atoms with Crippen LogP contribution in [-0.4, -0.2) is 22.4 Å². The lowest BCUT2D eigenvalue weighted by molar-refractivity contribution is -0.118. The molecule has 0 bridgehead atoms. The van der Waals surface area contributed by atoms with Gasteiger partial charge in [0, 0.05) is 30.1 Å². The molecule has 1 atom stereocenters. The molecule has 4 aromatic rings. The number of carbonyl (C=O) groups is 1. The van der Waals surface area contributed by atoms with Gasteiger partial charge in [-0.25, -0.2) is 9.37 Å². The standard InChI is InChI=1S/C27H22FN5O/c28-23-10-4-2-6-18(23)13-15-32-27-22(25(26(30)34)20-8-5-14-31-17-20)11-12-24(33-27)21-9-3-1-7-19(21)16-29/h1-12,14,17,25H,13,15H2,(H2,30,34)(H,32,33). The van der Waals surface area contributed by atoms with Crippen LogP contribution in [0.2, 0.25) is 0 Å². The molecule has 0 saturated carbocycles. The maximum atomic E-state index is 14.1. The first-order valence-corrected chi connectivity index (χ1v) is 10.8. The van der Waals surface area contributed by atoms with E-state index in [4.69, 9.17) is 10.7 Å². The zero-order valence-electron chi connectivity index (χ0n) is 18.3. The molecule has 3 N–H and O–H groups in total. The van der Waals surface area contributed by atoms with E-state index in [-0.39, 0.29) is 5.82 Å². The number of anilines is 1. The maximum absolute atomic E-state index is 14.1. The number of primary amides is 1. The van der Waals surface area contributed by atoms with Crippen molar-refractivity contribution in [1.82, 2.24) is 9.97 Å². The van der Waals surface area contributed by atoms with Crippen LogP contribution in [0.5, 0.6) is 0 Å². The Morgan fingerprint density at radius 3 is 2.59 bits per heavy atom. The van der Waals surface area contributed by atoms with Gasteiger partial charge in [-0.3, -0.25) is 9.78 Å². The number of amides is 1. The topological polar surface area (TPSA) is 105 Å². The van der Waals surface area contributed by atoms with Gasteiger partial charge in [-0.2, -0.15) is 5.26 Å². The summed E-state index contributed by atoms with van der Waals surface area (Å²) in [5.41, 5.74) is 9.30. The summed E-state index contributed by atoms with van der Waals surface area (Å²) >= 11 is 0. The minimum Gasteiger partial charge on any atom is -0.369 e. The van der Waals surface area contributed by atoms with Crippen LogP contribution >= 0.6 is 0 Å². The number of nitrogens with two attached hydrogens (primary N) is 1. The van der Waals surface area contributed by atoms with Crippen LogP contribution in [0.4, 0.5) is 10.2 Å². The highest BCUT2D eigenvalue weighted by molar-refractivity contribution is 5.87. The third-order valence-electron chi connectivity index (χ3n) is 5.51. The van der Waals surface area contributed by atoms with Crippen molar-refractivity contribution in [1.29, 1.82) is 5.26 Å². The minimum absolute atomic E-state index is 0.278. The number of nitrogens with one attached hydrogen (secondary N) is 1. The Kier molecular flexibility index (Phi) is 6.89. The first kappa shape index (κ1) is 22.6. The summed E-state index contributed by atoms with van der Waals surface area (Å²) in [4.78, 5) is 21.4. The molecule has 6 nitrogen and oxygen atoms in total. The van der Waals surface area contributed by atoms with Crippen molar-refractivity contribution in [2.75, 3.05) is 11.9 Å². The van der Waals surface area contributed by atoms with E-state index in [0.717, 1.165) is 0 Å². The molecule has 7 heteroatoms. The predicted octanol–water partition coefficient (Wildman–Crippen LogP) is 4.43. The van der Waals surface area contributed by atoms with Crippen molar-refractivity contribution in [2.45, 2.75) is 12.3 Å². The molecule has 0 spiro atoms. The molecule has 0 aliphatic carbocycles. The summed E-state index contributed by atoms with van der Waals surface area (Å²) in [6, 6.07) is 23.0. The molecule has 4 rings (SSSR count). The third kappa shape index (κ3) is 4.92. The number of hydrogen-bond donors (Lipinski definition) is 2. The molecule has 0 fully saturated rings. The molecule has 2 aromatic carbocycles. The number of nitriles is 1. The summed E-state index contributed by atoms with van der Waals surface area (Å²) in [5, 5.41) is 12.8. The van der Waals surface area contributed by atoms with Crippen LogP contribution < -0.4 is 11.1 Å². The van der Waals surface area contributed by atoms with E-state index in [1.165, 1.54) is 6.07 Å². The highest BCUT2D eigenvalue weighted by atomic mass is 19.1. The highest BCUT2D eigenvalue weighted by Crippen LogP contribution is 2.32. The van der Waals surface area contributed by atoms with E-state index < -0.39 is 11.8 Å². The van der Waals surface area contributed by atoms with Gasteiger partial charge in [0.05, 0.1) is 23.2 Å². The Balaban J connectivity index is 1.75. The van der Waals surface area contributed by atoms with Crippen LogP contribution in [0.15, 0.2) is 85.2 Å². The maximum Gasteiger partial charge on any atom is 0.229 e. The van der Waals surface area contributed by atoms with Crippen LogP contribution in [0, 0.1) is 17.1 Å². The van der Waals surface area contributed by atoms with Gasteiger partial charge in [-0.1, -0.05) is 48.5 Å². The number of halogens is 1. The summed E-state index contributed by atoms with van der Waals surface area (Å²) < 4.78 is 14.1. The van der Waals surface area contributed by atoms with Gasteiger partial charge in [0.2, 0.25) is 5.91 Å². The lowest BCUT2D eigenvalue weighted by Crippen LogP contribution is -2.24. The predicted molar refractivity (Wildman–Crippen MR) is 128 cm³/mol. The number of carbonyl (C=O) groups excluding carboxylic acids is 1.